The van der Waals surface area contributed by atoms with Crippen LogP contribution in [0.15, 0.2) is 18.2 Å². The van der Waals surface area contributed by atoms with Crippen molar-refractivity contribution >= 4 is 0 Å². The van der Waals surface area contributed by atoms with Gasteiger partial charge in [0.15, 0.2) is 5.79 Å². The van der Waals surface area contributed by atoms with Crippen LogP contribution in [0.3, 0.4) is 0 Å². The third kappa shape index (κ3) is 3.47. The second-order valence-corrected chi connectivity index (χ2v) is 6.51. The summed E-state index contributed by atoms with van der Waals surface area (Å²) in [6.45, 7) is 6.87. The minimum Gasteiger partial charge on any atom is -0.347 e. The van der Waals surface area contributed by atoms with Crippen LogP contribution in [0.5, 0.6) is 0 Å². The molecule has 21 heavy (non-hydrogen) atoms. The highest BCUT2D eigenvalue weighted by Crippen LogP contribution is 2.37. The second kappa shape index (κ2) is 6.47. The van der Waals surface area contributed by atoms with Gasteiger partial charge in [0.1, 0.15) is 0 Å². The summed E-state index contributed by atoms with van der Waals surface area (Å²) >= 11 is 0. The molecule has 1 aliphatic heterocycles. The molecule has 0 amide bonds. The van der Waals surface area contributed by atoms with Crippen molar-refractivity contribution in [3.63, 3.8) is 0 Å². The number of ether oxygens (including phenoxy) is 2. The molecule has 2 fully saturated rings. The average molecular weight is 289 g/mol. The topological polar surface area (TPSA) is 30.5 Å². The molecule has 3 rings (SSSR count). The zero-order valence-electron chi connectivity index (χ0n) is 13.3. The average Bonchev–Trinajstić information content (AvgIpc) is 2.87. The first-order chi connectivity index (χ1) is 10.2. The Morgan fingerprint density at radius 1 is 1.19 bits per heavy atom. The van der Waals surface area contributed by atoms with Crippen molar-refractivity contribution in [2.24, 2.45) is 0 Å². The van der Waals surface area contributed by atoms with Crippen LogP contribution < -0.4 is 5.32 Å². The summed E-state index contributed by atoms with van der Waals surface area (Å²) in [6, 6.07) is 6.50. The van der Waals surface area contributed by atoms with E-state index in [0.717, 1.165) is 32.5 Å². The molecule has 1 aromatic carbocycles. The molecule has 0 radical (unpaired) electrons. The molecule has 2 aliphatic rings. The molecule has 0 aromatic heterocycles. The van der Waals surface area contributed by atoms with Gasteiger partial charge in [-0.2, -0.15) is 0 Å². The standard InChI is InChI=1S/C18H27NO2/c1-14-7-6-8-16(15(14)2)11-19-12-17-13-20-18(21-17)9-4-3-5-10-18/h6-8,17,19H,3-5,9-13H2,1-2H3/t17-/m0/s1. The number of hydrogen-bond acceptors (Lipinski definition) is 3. The summed E-state index contributed by atoms with van der Waals surface area (Å²) in [7, 11) is 0. The van der Waals surface area contributed by atoms with E-state index in [9.17, 15) is 0 Å². The maximum atomic E-state index is 6.20. The van der Waals surface area contributed by atoms with E-state index >= 15 is 0 Å². The Morgan fingerprint density at radius 2 is 2.00 bits per heavy atom. The molecule has 1 heterocycles. The highest BCUT2D eigenvalue weighted by Gasteiger charge is 2.41. The lowest BCUT2D eigenvalue weighted by Gasteiger charge is -2.31. The van der Waals surface area contributed by atoms with Crippen LogP contribution in [0.2, 0.25) is 0 Å². The summed E-state index contributed by atoms with van der Waals surface area (Å²) in [5, 5.41) is 3.53. The van der Waals surface area contributed by atoms with Crippen LogP contribution in [0.4, 0.5) is 0 Å². The lowest BCUT2D eigenvalue weighted by Crippen LogP contribution is -2.35. The first-order valence-corrected chi connectivity index (χ1v) is 8.26. The van der Waals surface area contributed by atoms with Gasteiger partial charge in [0.2, 0.25) is 0 Å². The predicted molar refractivity (Wildman–Crippen MR) is 84.3 cm³/mol. The second-order valence-electron chi connectivity index (χ2n) is 6.51. The third-order valence-corrected chi connectivity index (χ3v) is 4.93. The van der Waals surface area contributed by atoms with E-state index in [1.807, 2.05) is 0 Å². The van der Waals surface area contributed by atoms with Crippen LogP contribution in [0, 0.1) is 13.8 Å². The fourth-order valence-electron chi connectivity index (χ4n) is 3.44. The maximum absolute atomic E-state index is 6.20. The quantitative estimate of drug-likeness (QED) is 0.920. The van der Waals surface area contributed by atoms with Gasteiger partial charge in [-0.15, -0.1) is 0 Å². The van der Waals surface area contributed by atoms with E-state index in [2.05, 4.69) is 37.4 Å². The zero-order chi connectivity index (χ0) is 14.7. The van der Waals surface area contributed by atoms with Crippen molar-refractivity contribution in [3.8, 4) is 0 Å². The van der Waals surface area contributed by atoms with Crippen molar-refractivity contribution in [1.82, 2.24) is 5.32 Å². The number of rotatable bonds is 4. The molecule has 3 heteroatoms. The zero-order valence-corrected chi connectivity index (χ0v) is 13.3. The Hall–Kier alpha value is -0.900. The molecular weight excluding hydrogens is 262 g/mol. The molecule has 1 atom stereocenters. The van der Waals surface area contributed by atoms with Gasteiger partial charge in [0, 0.05) is 25.9 Å². The van der Waals surface area contributed by atoms with Crippen LogP contribution in [-0.2, 0) is 16.0 Å². The van der Waals surface area contributed by atoms with Gasteiger partial charge in [-0.25, -0.2) is 0 Å². The Bertz CT molecular complexity index is 480. The lowest BCUT2D eigenvalue weighted by molar-refractivity contribution is -0.186. The van der Waals surface area contributed by atoms with Crippen molar-refractivity contribution in [2.45, 2.75) is 64.4 Å². The largest absolute Gasteiger partial charge is 0.347 e. The molecule has 116 valence electrons. The molecule has 1 saturated carbocycles. The summed E-state index contributed by atoms with van der Waals surface area (Å²) in [4.78, 5) is 0. The van der Waals surface area contributed by atoms with Crippen molar-refractivity contribution in [2.75, 3.05) is 13.2 Å². The van der Waals surface area contributed by atoms with E-state index in [0.29, 0.717) is 0 Å². The van der Waals surface area contributed by atoms with E-state index < -0.39 is 0 Å². The van der Waals surface area contributed by atoms with Crippen LogP contribution in [0.25, 0.3) is 0 Å². The fraction of sp³-hybridized carbons (Fsp3) is 0.667. The SMILES string of the molecule is Cc1cccc(CNC[C@H]2COC3(CCCCC3)O2)c1C. The Kier molecular flexibility index (Phi) is 4.63. The molecule has 0 bridgehead atoms. The van der Waals surface area contributed by atoms with Crippen LogP contribution >= 0.6 is 0 Å². The molecule has 1 N–H and O–H groups in total. The minimum absolute atomic E-state index is 0.202. The number of aryl methyl sites for hydroxylation is 1. The molecular formula is C18H27NO2. The number of hydrogen-bond donors (Lipinski definition) is 1. The van der Waals surface area contributed by atoms with Gasteiger partial charge in [-0.1, -0.05) is 24.6 Å². The van der Waals surface area contributed by atoms with Gasteiger partial charge in [0.25, 0.3) is 0 Å². The number of nitrogens with one attached hydrogen (secondary N) is 1. The molecule has 0 unspecified atom stereocenters. The summed E-state index contributed by atoms with van der Waals surface area (Å²) in [5.41, 5.74) is 4.12. The molecule has 1 saturated heterocycles. The molecule has 3 nitrogen and oxygen atoms in total. The summed E-state index contributed by atoms with van der Waals surface area (Å²) in [6.07, 6.45) is 6.14. The molecule has 1 aromatic rings. The van der Waals surface area contributed by atoms with Gasteiger partial charge in [-0.3, -0.25) is 0 Å². The van der Waals surface area contributed by atoms with Crippen LogP contribution in [-0.4, -0.2) is 25.0 Å². The highest BCUT2D eigenvalue weighted by atomic mass is 16.7. The lowest BCUT2D eigenvalue weighted by atomic mass is 9.94. The molecule has 1 aliphatic carbocycles. The maximum Gasteiger partial charge on any atom is 0.168 e. The minimum atomic E-state index is -0.246. The van der Waals surface area contributed by atoms with E-state index in [1.54, 1.807) is 0 Å². The van der Waals surface area contributed by atoms with Gasteiger partial charge >= 0.3 is 0 Å². The van der Waals surface area contributed by atoms with Crippen molar-refractivity contribution < 1.29 is 9.47 Å². The smallest absolute Gasteiger partial charge is 0.168 e. The van der Waals surface area contributed by atoms with Gasteiger partial charge in [0.05, 0.1) is 12.7 Å². The monoisotopic (exact) mass is 289 g/mol. The van der Waals surface area contributed by atoms with E-state index in [1.165, 1.54) is 36.0 Å². The third-order valence-electron chi connectivity index (χ3n) is 4.93. The summed E-state index contributed by atoms with van der Waals surface area (Å²) in [5.74, 6) is -0.246. The van der Waals surface area contributed by atoms with E-state index in [-0.39, 0.29) is 11.9 Å². The normalized spacial score (nSPS) is 24.6. The Morgan fingerprint density at radius 3 is 2.81 bits per heavy atom. The van der Waals surface area contributed by atoms with Crippen molar-refractivity contribution in [1.29, 1.82) is 0 Å². The van der Waals surface area contributed by atoms with E-state index in [4.69, 9.17) is 9.47 Å². The van der Waals surface area contributed by atoms with Gasteiger partial charge in [-0.05, 0) is 43.4 Å². The first-order valence-electron chi connectivity index (χ1n) is 8.26. The van der Waals surface area contributed by atoms with Crippen molar-refractivity contribution in [3.05, 3.63) is 34.9 Å². The Labute approximate surface area is 128 Å². The van der Waals surface area contributed by atoms with Gasteiger partial charge < -0.3 is 14.8 Å². The fourth-order valence-corrected chi connectivity index (χ4v) is 3.44. The Balaban J connectivity index is 1.47. The molecule has 1 spiro atoms. The highest BCUT2D eigenvalue weighted by molar-refractivity contribution is 5.32. The predicted octanol–water partition coefficient (Wildman–Crippen LogP) is 3.47. The number of benzene rings is 1. The first kappa shape index (κ1) is 15.0. The van der Waals surface area contributed by atoms with Crippen LogP contribution in [0.1, 0.15) is 48.8 Å². The summed E-state index contributed by atoms with van der Waals surface area (Å²) < 4.78 is 12.2.